The van der Waals surface area contributed by atoms with Crippen LogP contribution in [0.5, 0.6) is 0 Å². The first kappa shape index (κ1) is 24.7. The van der Waals surface area contributed by atoms with E-state index in [2.05, 4.69) is 71.8 Å². The van der Waals surface area contributed by atoms with E-state index in [4.69, 9.17) is 4.98 Å². The van der Waals surface area contributed by atoms with E-state index in [1.165, 1.54) is 50.5 Å². The molecule has 0 saturated heterocycles. The summed E-state index contributed by atoms with van der Waals surface area (Å²) in [4.78, 5) is 26.0. The van der Waals surface area contributed by atoms with Gasteiger partial charge in [0.05, 0.1) is 0 Å². The van der Waals surface area contributed by atoms with Crippen molar-refractivity contribution in [2.75, 3.05) is 5.32 Å². The van der Waals surface area contributed by atoms with Crippen molar-refractivity contribution in [3.63, 3.8) is 0 Å². The number of carboxylic acids is 1. The molecule has 2 saturated carbocycles. The van der Waals surface area contributed by atoms with E-state index in [0.717, 1.165) is 23.8 Å². The van der Waals surface area contributed by atoms with Crippen LogP contribution >= 0.6 is 0 Å². The van der Waals surface area contributed by atoms with E-state index in [9.17, 15) is 9.90 Å². The Morgan fingerprint density at radius 1 is 1.08 bits per heavy atom. The molecular weight excluding hydrogens is 450 g/mol. The highest BCUT2D eigenvalue weighted by molar-refractivity contribution is 5.91. The second kappa shape index (κ2) is 9.83. The molecule has 1 atom stereocenters. The molecule has 7 nitrogen and oxygen atoms in total. The fourth-order valence-corrected chi connectivity index (χ4v) is 5.91. The molecule has 7 heteroatoms. The second-order valence-corrected chi connectivity index (χ2v) is 11.7. The van der Waals surface area contributed by atoms with Crippen LogP contribution in [-0.2, 0) is 12.0 Å². The van der Waals surface area contributed by atoms with Gasteiger partial charge in [0.15, 0.2) is 11.5 Å². The maximum atomic E-state index is 12.0. The van der Waals surface area contributed by atoms with Crippen LogP contribution < -0.4 is 5.32 Å². The van der Waals surface area contributed by atoms with E-state index in [-0.39, 0.29) is 17.3 Å². The standard InChI is InChI=1S/C29H39N5O2/c1-18-13-15-20(16-14-18)17-34-23-24(30-19(2)21-9-8-10-21)31-26(27(35)36)32-25(23)33-28(34)29(3,4)22-11-6-5-7-12-22/h5-7,11-12,18-21H,8-10,13-17H2,1-4H3,(H,35,36)(H,30,31,32)/t18?,19-,20?/m1/s1. The van der Waals surface area contributed by atoms with E-state index in [0.29, 0.717) is 23.3 Å². The molecule has 2 aliphatic carbocycles. The molecule has 0 radical (unpaired) electrons. The molecule has 2 heterocycles. The maximum absolute atomic E-state index is 12.0. The van der Waals surface area contributed by atoms with Gasteiger partial charge >= 0.3 is 5.97 Å². The van der Waals surface area contributed by atoms with Crippen LogP contribution in [0, 0.1) is 17.8 Å². The van der Waals surface area contributed by atoms with Crippen molar-refractivity contribution >= 4 is 23.0 Å². The summed E-state index contributed by atoms with van der Waals surface area (Å²) in [6, 6.07) is 10.6. The second-order valence-electron chi connectivity index (χ2n) is 11.7. The zero-order valence-electron chi connectivity index (χ0n) is 22.0. The number of fused-ring (bicyclic) bond motifs is 1. The highest BCUT2D eigenvalue weighted by Crippen LogP contribution is 2.38. The Bertz CT molecular complexity index is 1220. The summed E-state index contributed by atoms with van der Waals surface area (Å²) >= 11 is 0. The Morgan fingerprint density at radius 3 is 2.39 bits per heavy atom. The van der Waals surface area contributed by atoms with Crippen molar-refractivity contribution in [2.45, 2.75) is 90.6 Å². The Labute approximate surface area is 213 Å². The summed E-state index contributed by atoms with van der Waals surface area (Å²) < 4.78 is 2.31. The van der Waals surface area contributed by atoms with Crippen molar-refractivity contribution in [1.29, 1.82) is 0 Å². The van der Waals surface area contributed by atoms with Crippen molar-refractivity contribution in [1.82, 2.24) is 19.5 Å². The van der Waals surface area contributed by atoms with Crippen molar-refractivity contribution < 1.29 is 9.90 Å². The molecule has 2 fully saturated rings. The number of carbonyl (C=O) groups is 1. The van der Waals surface area contributed by atoms with Gasteiger partial charge in [0.2, 0.25) is 5.82 Å². The van der Waals surface area contributed by atoms with Gasteiger partial charge in [0.1, 0.15) is 11.3 Å². The fourth-order valence-electron chi connectivity index (χ4n) is 5.91. The van der Waals surface area contributed by atoms with Gasteiger partial charge in [0, 0.05) is 18.0 Å². The lowest BCUT2D eigenvalue weighted by Gasteiger charge is -2.33. The number of aromatic carboxylic acids is 1. The van der Waals surface area contributed by atoms with Crippen molar-refractivity contribution in [2.24, 2.45) is 17.8 Å². The van der Waals surface area contributed by atoms with Gasteiger partial charge in [-0.1, -0.05) is 56.5 Å². The maximum Gasteiger partial charge on any atom is 0.374 e. The summed E-state index contributed by atoms with van der Waals surface area (Å²) in [5.41, 5.74) is 2.09. The summed E-state index contributed by atoms with van der Waals surface area (Å²) in [7, 11) is 0. The molecule has 0 amide bonds. The average Bonchev–Trinajstić information content (AvgIpc) is 3.19. The van der Waals surface area contributed by atoms with Crippen LogP contribution in [0.3, 0.4) is 0 Å². The van der Waals surface area contributed by atoms with Crippen LogP contribution in [-0.4, -0.2) is 36.6 Å². The fraction of sp³-hybridized carbons (Fsp3) is 0.586. The highest BCUT2D eigenvalue weighted by Gasteiger charge is 2.34. The van der Waals surface area contributed by atoms with Crippen LogP contribution in [0.15, 0.2) is 30.3 Å². The SMILES string of the molecule is CC1CCC(Cn2c(C(C)(C)c3ccccc3)nc3nc(C(=O)O)nc(N[C@H](C)C4CCC4)c32)CC1. The van der Waals surface area contributed by atoms with Crippen LogP contribution in [0.1, 0.15) is 94.6 Å². The number of hydrogen-bond acceptors (Lipinski definition) is 5. The average molecular weight is 490 g/mol. The van der Waals surface area contributed by atoms with Crippen molar-refractivity contribution in [3.8, 4) is 0 Å². The van der Waals surface area contributed by atoms with Crippen LogP contribution in [0.25, 0.3) is 11.2 Å². The minimum absolute atomic E-state index is 0.203. The molecule has 2 aromatic heterocycles. The minimum atomic E-state index is -1.13. The molecule has 2 aliphatic rings. The predicted octanol–water partition coefficient (Wildman–Crippen LogP) is 6.28. The summed E-state index contributed by atoms with van der Waals surface area (Å²) in [5.74, 6) is 2.10. The largest absolute Gasteiger partial charge is 0.475 e. The van der Waals surface area contributed by atoms with Crippen LogP contribution in [0.4, 0.5) is 5.82 Å². The molecule has 36 heavy (non-hydrogen) atoms. The van der Waals surface area contributed by atoms with E-state index in [1.54, 1.807) is 0 Å². The molecule has 3 aromatic rings. The van der Waals surface area contributed by atoms with Gasteiger partial charge in [-0.05, 0) is 69.8 Å². The lowest BCUT2D eigenvalue weighted by Crippen LogP contribution is -2.32. The molecule has 0 aliphatic heterocycles. The van der Waals surface area contributed by atoms with Gasteiger partial charge < -0.3 is 15.0 Å². The first-order chi connectivity index (χ1) is 17.2. The Morgan fingerprint density at radius 2 is 1.78 bits per heavy atom. The Hall–Kier alpha value is -2.96. The first-order valence-corrected chi connectivity index (χ1v) is 13.6. The Balaban J connectivity index is 1.66. The molecular formula is C29H39N5O2. The van der Waals surface area contributed by atoms with E-state index >= 15 is 0 Å². The van der Waals surface area contributed by atoms with Gasteiger partial charge in [-0.2, -0.15) is 0 Å². The predicted molar refractivity (Wildman–Crippen MR) is 142 cm³/mol. The number of anilines is 1. The van der Waals surface area contributed by atoms with Crippen LogP contribution in [0.2, 0.25) is 0 Å². The third-order valence-electron chi connectivity index (χ3n) is 8.65. The molecule has 0 spiro atoms. The molecule has 192 valence electrons. The number of imidazole rings is 1. The number of rotatable bonds is 8. The number of hydrogen-bond donors (Lipinski definition) is 2. The molecule has 2 N–H and O–H groups in total. The monoisotopic (exact) mass is 489 g/mol. The first-order valence-electron chi connectivity index (χ1n) is 13.6. The van der Waals surface area contributed by atoms with Gasteiger partial charge in [-0.15, -0.1) is 0 Å². The minimum Gasteiger partial charge on any atom is -0.475 e. The zero-order chi connectivity index (χ0) is 25.4. The van der Waals surface area contributed by atoms with E-state index in [1.807, 2.05) is 6.07 Å². The van der Waals surface area contributed by atoms with E-state index < -0.39 is 5.97 Å². The lowest BCUT2D eigenvalue weighted by atomic mass is 9.80. The highest BCUT2D eigenvalue weighted by atomic mass is 16.4. The number of aromatic nitrogens is 4. The van der Waals surface area contributed by atoms with Gasteiger partial charge in [-0.25, -0.2) is 19.7 Å². The summed E-state index contributed by atoms with van der Waals surface area (Å²) in [6.07, 6.45) is 8.53. The normalized spacial score (nSPS) is 21.8. The lowest BCUT2D eigenvalue weighted by molar-refractivity contribution is 0.0684. The quantitative estimate of drug-likeness (QED) is 0.387. The smallest absolute Gasteiger partial charge is 0.374 e. The Kier molecular flexibility index (Phi) is 6.75. The third kappa shape index (κ3) is 4.72. The number of nitrogens with one attached hydrogen (secondary N) is 1. The topological polar surface area (TPSA) is 92.9 Å². The van der Waals surface area contributed by atoms with Gasteiger partial charge in [-0.3, -0.25) is 0 Å². The number of nitrogens with zero attached hydrogens (tertiary/aromatic N) is 4. The molecule has 0 unspecified atom stereocenters. The van der Waals surface area contributed by atoms with Crippen molar-refractivity contribution in [3.05, 3.63) is 47.5 Å². The number of carboxylic acid groups (broad SMARTS) is 1. The summed E-state index contributed by atoms with van der Waals surface area (Å²) in [6.45, 7) is 9.75. The number of benzene rings is 1. The zero-order valence-corrected chi connectivity index (χ0v) is 22.0. The summed E-state index contributed by atoms with van der Waals surface area (Å²) in [5, 5.41) is 13.4. The molecule has 1 aromatic carbocycles. The molecule has 5 rings (SSSR count). The molecule has 0 bridgehead atoms. The van der Waals surface area contributed by atoms with Gasteiger partial charge in [0.25, 0.3) is 0 Å². The third-order valence-corrected chi connectivity index (χ3v) is 8.65.